The van der Waals surface area contributed by atoms with Crippen molar-refractivity contribution in [1.29, 1.82) is 0 Å². The highest BCUT2D eigenvalue weighted by Gasteiger charge is 2.31. The first-order valence-electron chi connectivity index (χ1n) is 8.80. The maximum Gasteiger partial charge on any atom is 0.226 e. The Labute approximate surface area is 157 Å². The molecule has 5 heteroatoms. The average molecular weight is 371 g/mol. The van der Waals surface area contributed by atoms with E-state index in [9.17, 15) is 4.39 Å². The minimum Gasteiger partial charge on any atom is -0.441 e. The molecule has 0 N–H and O–H groups in total. The van der Waals surface area contributed by atoms with Crippen molar-refractivity contribution in [3.8, 4) is 11.5 Å². The van der Waals surface area contributed by atoms with Crippen LogP contribution < -0.4 is 0 Å². The molecule has 0 aliphatic heterocycles. The summed E-state index contributed by atoms with van der Waals surface area (Å²) in [5.41, 5.74) is 2.39. The molecule has 0 spiro atoms. The number of aryl methyl sites for hydroxylation is 1. The lowest BCUT2D eigenvalue weighted by atomic mass is 10.2. The van der Waals surface area contributed by atoms with Crippen LogP contribution in [0.25, 0.3) is 11.5 Å². The van der Waals surface area contributed by atoms with Crippen LogP contribution in [0, 0.1) is 12.7 Å². The van der Waals surface area contributed by atoms with Crippen molar-refractivity contribution in [1.82, 2.24) is 9.88 Å². The van der Waals surface area contributed by atoms with Gasteiger partial charge in [0.15, 0.2) is 0 Å². The van der Waals surface area contributed by atoms with Crippen LogP contribution in [0.1, 0.15) is 29.9 Å². The molecule has 1 fully saturated rings. The molecule has 2 aromatic carbocycles. The molecule has 1 heterocycles. The van der Waals surface area contributed by atoms with Crippen LogP contribution in [0.4, 0.5) is 4.39 Å². The molecule has 0 amide bonds. The van der Waals surface area contributed by atoms with Crippen molar-refractivity contribution in [3.63, 3.8) is 0 Å². The summed E-state index contributed by atoms with van der Waals surface area (Å²) < 4.78 is 20.1. The number of hydrogen-bond donors (Lipinski definition) is 0. The standard InChI is InChI=1S/C21H20ClFN2O/c1-14-20(24-21(26-14)15-6-3-2-4-7-15)13-25(16-10-11-16)12-17-18(22)8-5-9-19(17)23/h2-9,16H,10-13H2,1H3. The van der Waals surface area contributed by atoms with Gasteiger partial charge in [0.05, 0.1) is 5.69 Å². The topological polar surface area (TPSA) is 29.3 Å². The second-order valence-corrected chi connectivity index (χ2v) is 7.13. The molecule has 1 aliphatic carbocycles. The Hall–Kier alpha value is -2.17. The highest BCUT2D eigenvalue weighted by atomic mass is 35.5. The zero-order chi connectivity index (χ0) is 18.1. The summed E-state index contributed by atoms with van der Waals surface area (Å²) in [6.07, 6.45) is 2.24. The summed E-state index contributed by atoms with van der Waals surface area (Å²) in [5.74, 6) is 1.16. The summed E-state index contributed by atoms with van der Waals surface area (Å²) in [5, 5.41) is 0.470. The molecule has 0 bridgehead atoms. The molecular weight excluding hydrogens is 351 g/mol. The maximum atomic E-state index is 14.2. The number of rotatable bonds is 6. The second-order valence-electron chi connectivity index (χ2n) is 6.72. The molecule has 134 valence electrons. The minimum absolute atomic E-state index is 0.259. The lowest BCUT2D eigenvalue weighted by Gasteiger charge is -2.22. The summed E-state index contributed by atoms with van der Waals surface area (Å²) in [4.78, 5) is 6.92. The van der Waals surface area contributed by atoms with Gasteiger partial charge in [-0.1, -0.05) is 35.9 Å². The Kier molecular flexibility index (Phi) is 4.79. The summed E-state index contributed by atoms with van der Waals surface area (Å²) >= 11 is 6.22. The molecule has 1 aliphatic rings. The second kappa shape index (κ2) is 7.22. The van der Waals surface area contributed by atoms with E-state index in [0.29, 0.717) is 35.6 Å². The molecule has 26 heavy (non-hydrogen) atoms. The van der Waals surface area contributed by atoms with Gasteiger partial charge in [-0.15, -0.1) is 0 Å². The first-order valence-corrected chi connectivity index (χ1v) is 9.18. The molecule has 0 unspecified atom stereocenters. The number of hydrogen-bond acceptors (Lipinski definition) is 3. The normalized spacial score (nSPS) is 14.2. The van der Waals surface area contributed by atoms with Gasteiger partial charge in [-0.05, 0) is 44.0 Å². The third-order valence-electron chi connectivity index (χ3n) is 4.75. The van der Waals surface area contributed by atoms with Crippen LogP contribution in [0.5, 0.6) is 0 Å². The van der Waals surface area contributed by atoms with Gasteiger partial charge in [0, 0.05) is 35.3 Å². The van der Waals surface area contributed by atoms with Gasteiger partial charge in [0.2, 0.25) is 5.89 Å². The largest absolute Gasteiger partial charge is 0.441 e. The van der Waals surface area contributed by atoms with Crippen molar-refractivity contribution in [2.45, 2.75) is 38.9 Å². The third kappa shape index (κ3) is 3.67. The van der Waals surface area contributed by atoms with Crippen LogP contribution in [0.3, 0.4) is 0 Å². The predicted octanol–water partition coefficient (Wildman–Crippen LogP) is 5.61. The van der Waals surface area contributed by atoms with Gasteiger partial charge < -0.3 is 4.42 Å². The Morgan fingerprint density at radius 1 is 1.12 bits per heavy atom. The van der Waals surface area contributed by atoms with Crippen molar-refractivity contribution >= 4 is 11.6 Å². The van der Waals surface area contributed by atoms with E-state index in [2.05, 4.69) is 9.88 Å². The molecule has 0 atom stereocenters. The van der Waals surface area contributed by atoms with Crippen LogP contribution in [-0.4, -0.2) is 15.9 Å². The van der Waals surface area contributed by atoms with Gasteiger partial charge in [-0.25, -0.2) is 9.37 Å². The summed E-state index contributed by atoms with van der Waals surface area (Å²) in [6, 6.07) is 15.1. The number of aromatic nitrogens is 1. The lowest BCUT2D eigenvalue weighted by molar-refractivity contribution is 0.238. The fraction of sp³-hybridized carbons (Fsp3) is 0.286. The van der Waals surface area contributed by atoms with Gasteiger partial charge in [-0.2, -0.15) is 0 Å². The average Bonchev–Trinajstić information content (AvgIpc) is 3.42. The number of oxazole rings is 1. The van der Waals surface area contributed by atoms with E-state index in [1.807, 2.05) is 37.3 Å². The van der Waals surface area contributed by atoms with Gasteiger partial charge >= 0.3 is 0 Å². The van der Waals surface area contributed by atoms with Crippen molar-refractivity contribution in [2.75, 3.05) is 0 Å². The zero-order valence-electron chi connectivity index (χ0n) is 14.6. The molecule has 4 rings (SSSR count). The minimum atomic E-state index is -0.259. The highest BCUT2D eigenvalue weighted by Crippen LogP contribution is 2.33. The monoisotopic (exact) mass is 370 g/mol. The van der Waals surface area contributed by atoms with E-state index >= 15 is 0 Å². The number of halogens is 2. The smallest absolute Gasteiger partial charge is 0.226 e. The lowest BCUT2D eigenvalue weighted by Crippen LogP contribution is -2.26. The highest BCUT2D eigenvalue weighted by molar-refractivity contribution is 6.31. The van der Waals surface area contributed by atoms with Crippen molar-refractivity contribution < 1.29 is 8.81 Å². The fourth-order valence-corrected chi connectivity index (χ4v) is 3.33. The summed E-state index contributed by atoms with van der Waals surface area (Å²) in [7, 11) is 0. The van der Waals surface area contributed by atoms with E-state index in [4.69, 9.17) is 16.0 Å². The van der Waals surface area contributed by atoms with E-state index in [-0.39, 0.29) is 5.82 Å². The first-order chi connectivity index (χ1) is 12.6. The Balaban J connectivity index is 1.57. The maximum absolute atomic E-state index is 14.2. The Morgan fingerprint density at radius 3 is 2.58 bits per heavy atom. The molecule has 0 radical (unpaired) electrons. The Bertz CT molecular complexity index is 885. The molecule has 3 aromatic rings. The van der Waals surface area contributed by atoms with Crippen LogP contribution in [-0.2, 0) is 13.1 Å². The Morgan fingerprint density at radius 2 is 1.88 bits per heavy atom. The van der Waals surface area contributed by atoms with Crippen LogP contribution >= 0.6 is 11.6 Å². The van der Waals surface area contributed by atoms with E-state index in [1.54, 1.807) is 12.1 Å². The van der Waals surface area contributed by atoms with Crippen LogP contribution in [0.2, 0.25) is 5.02 Å². The van der Waals surface area contributed by atoms with Crippen molar-refractivity contribution in [3.05, 3.63) is 76.4 Å². The SMILES string of the molecule is Cc1oc(-c2ccccc2)nc1CN(Cc1c(F)cccc1Cl)C1CC1. The predicted molar refractivity (Wildman–Crippen MR) is 100 cm³/mol. The summed E-state index contributed by atoms with van der Waals surface area (Å²) in [6.45, 7) is 3.02. The van der Waals surface area contributed by atoms with Gasteiger partial charge in [0.25, 0.3) is 0 Å². The quantitative estimate of drug-likeness (QED) is 0.565. The van der Waals surface area contributed by atoms with Crippen LogP contribution in [0.15, 0.2) is 52.9 Å². The number of nitrogens with zero attached hydrogens (tertiary/aromatic N) is 2. The molecule has 1 saturated carbocycles. The van der Waals surface area contributed by atoms with Gasteiger partial charge in [-0.3, -0.25) is 4.90 Å². The van der Waals surface area contributed by atoms with E-state index in [0.717, 1.165) is 29.9 Å². The molecule has 3 nitrogen and oxygen atoms in total. The van der Waals surface area contributed by atoms with Gasteiger partial charge in [0.1, 0.15) is 11.6 Å². The van der Waals surface area contributed by atoms with E-state index in [1.165, 1.54) is 6.07 Å². The molecule has 1 aromatic heterocycles. The van der Waals surface area contributed by atoms with E-state index < -0.39 is 0 Å². The zero-order valence-corrected chi connectivity index (χ0v) is 15.3. The fourth-order valence-electron chi connectivity index (χ4n) is 3.11. The molecule has 0 saturated heterocycles. The van der Waals surface area contributed by atoms with Crippen molar-refractivity contribution in [2.24, 2.45) is 0 Å². The number of benzene rings is 2. The molecular formula is C21H20ClFN2O. The first kappa shape index (κ1) is 17.3. The third-order valence-corrected chi connectivity index (χ3v) is 5.11.